The first-order valence-corrected chi connectivity index (χ1v) is 12.0. The van der Waals surface area contributed by atoms with Gasteiger partial charge in [0.25, 0.3) is 5.91 Å². The molecule has 0 aliphatic heterocycles. The predicted molar refractivity (Wildman–Crippen MR) is 128 cm³/mol. The second-order valence-corrected chi connectivity index (χ2v) is 9.58. The minimum absolute atomic E-state index is 0.0744. The fourth-order valence-corrected chi connectivity index (χ4v) is 3.80. The fraction of sp³-hybridized carbons (Fsp3) is 0.0870. The molecular weight excluding hydrogens is 510 g/mol. The minimum Gasteiger partial charge on any atom is -0.423 e. The first-order valence-electron chi connectivity index (χ1n) is 9.69. The largest absolute Gasteiger partial charge is 0.423 e. The number of sulfonamides is 1. The van der Waals surface area contributed by atoms with Gasteiger partial charge < -0.3 is 4.74 Å². The summed E-state index contributed by atoms with van der Waals surface area (Å²) in [5.41, 5.74) is 4.24. The summed E-state index contributed by atoms with van der Waals surface area (Å²) in [5, 5.41) is 3.80. The highest BCUT2D eigenvalue weighted by molar-refractivity contribution is 9.10. The number of hydrogen-bond acceptors (Lipinski definition) is 6. The van der Waals surface area contributed by atoms with E-state index in [1.54, 1.807) is 60.7 Å². The quantitative estimate of drug-likeness (QED) is 0.201. The molecule has 0 radical (unpaired) electrons. The second kappa shape index (κ2) is 11.0. The molecule has 3 aromatic carbocycles. The third-order valence-electron chi connectivity index (χ3n) is 4.33. The molecule has 170 valence electrons. The monoisotopic (exact) mass is 529 g/mol. The average molecular weight is 530 g/mol. The fourth-order valence-electron chi connectivity index (χ4n) is 2.55. The Bertz CT molecular complexity index is 1260. The first-order chi connectivity index (χ1) is 15.7. The summed E-state index contributed by atoms with van der Waals surface area (Å²) in [6.07, 6.45) is 1.38. The molecule has 0 unspecified atom stereocenters. The normalized spacial score (nSPS) is 11.3. The lowest BCUT2D eigenvalue weighted by Gasteiger charge is -2.06. The van der Waals surface area contributed by atoms with Crippen molar-refractivity contribution < 1.29 is 22.7 Å². The van der Waals surface area contributed by atoms with E-state index in [0.717, 1.165) is 10.0 Å². The van der Waals surface area contributed by atoms with Gasteiger partial charge in [0.2, 0.25) is 10.0 Å². The Morgan fingerprint density at radius 3 is 2.24 bits per heavy atom. The zero-order valence-corrected chi connectivity index (χ0v) is 19.9. The average Bonchev–Trinajstić information content (AvgIpc) is 2.80. The third-order valence-corrected chi connectivity index (χ3v) is 6.27. The van der Waals surface area contributed by atoms with Crippen molar-refractivity contribution in [3.05, 3.63) is 94.0 Å². The highest BCUT2D eigenvalue weighted by Gasteiger charge is 2.15. The van der Waals surface area contributed by atoms with Crippen LogP contribution in [0.25, 0.3) is 0 Å². The maximum Gasteiger partial charge on any atom is 0.343 e. The molecule has 0 aromatic heterocycles. The number of ether oxygens (including phenoxy) is 1. The maximum absolute atomic E-state index is 12.2. The number of esters is 1. The maximum atomic E-state index is 12.2. The van der Waals surface area contributed by atoms with Crippen LogP contribution >= 0.6 is 15.9 Å². The van der Waals surface area contributed by atoms with Gasteiger partial charge in [0.15, 0.2) is 0 Å². The standard InChI is InChI=1S/C23H20BrN3O5S/c1-16-2-12-21(13-3-16)33(30,31)26-15-22(28)27-25-14-17-4-10-20(11-5-17)32-23(29)18-6-8-19(24)9-7-18/h2-14,26H,15H2,1H3,(H,27,28)/b25-14+. The number of hydrogen-bond donors (Lipinski definition) is 2. The minimum atomic E-state index is -3.79. The van der Waals surface area contributed by atoms with Gasteiger partial charge in [-0.15, -0.1) is 0 Å². The number of aryl methyl sites for hydroxylation is 1. The number of halogens is 1. The summed E-state index contributed by atoms with van der Waals surface area (Å²) < 4.78 is 32.8. The van der Waals surface area contributed by atoms with E-state index >= 15 is 0 Å². The van der Waals surface area contributed by atoms with Crippen LogP contribution in [0.3, 0.4) is 0 Å². The molecule has 0 bridgehead atoms. The lowest BCUT2D eigenvalue weighted by molar-refractivity contribution is -0.119. The number of hydrazone groups is 1. The van der Waals surface area contributed by atoms with E-state index < -0.39 is 28.4 Å². The summed E-state index contributed by atoms with van der Waals surface area (Å²) in [7, 11) is -3.79. The summed E-state index contributed by atoms with van der Waals surface area (Å²) in [5.74, 6) is -0.749. The lowest BCUT2D eigenvalue weighted by Crippen LogP contribution is -2.34. The van der Waals surface area contributed by atoms with Gasteiger partial charge in [0.05, 0.1) is 23.2 Å². The van der Waals surface area contributed by atoms with Gasteiger partial charge in [-0.05, 0) is 73.2 Å². The van der Waals surface area contributed by atoms with Crippen molar-refractivity contribution in [1.29, 1.82) is 0 Å². The molecule has 0 spiro atoms. The molecule has 3 rings (SSSR count). The van der Waals surface area contributed by atoms with Crippen molar-refractivity contribution in [3.63, 3.8) is 0 Å². The number of nitrogens with zero attached hydrogens (tertiary/aromatic N) is 1. The molecule has 0 aliphatic carbocycles. The zero-order valence-electron chi connectivity index (χ0n) is 17.5. The molecule has 33 heavy (non-hydrogen) atoms. The lowest BCUT2D eigenvalue weighted by atomic mass is 10.2. The van der Waals surface area contributed by atoms with Gasteiger partial charge in [-0.1, -0.05) is 33.6 Å². The van der Waals surface area contributed by atoms with E-state index in [0.29, 0.717) is 16.9 Å². The van der Waals surface area contributed by atoms with Crippen LogP contribution in [-0.2, 0) is 14.8 Å². The Kier molecular flexibility index (Phi) is 8.10. The van der Waals surface area contributed by atoms with Gasteiger partial charge in [0, 0.05) is 4.47 Å². The molecule has 2 N–H and O–H groups in total. The summed E-state index contributed by atoms with van der Waals surface area (Å²) in [4.78, 5) is 24.1. The van der Waals surface area contributed by atoms with E-state index in [-0.39, 0.29) is 4.90 Å². The van der Waals surface area contributed by atoms with Crippen LogP contribution in [0.1, 0.15) is 21.5 Å². The summed E-state index contributed by atoms with van der Waals surface area (Å²) in [6, 6.07) is 19.6. The molecule has 0 saturated heterocycles. The van der Waals surface area contributed by atoms with Gasteiger partial charge in [-0.25, -0.2) is 23.4 Å². The van der Waals surface area contributed by atoms with Crippen molar-refractivity contribution in [2.45, 2.75) is 11.8 Å². The van der Waals surface area contributed by atoms with Crippen LogP contribution in [0.4, 0.5) is 0 Å². The van der Waals surface area contributed by atoms with E-state index in [2.05, 4.69) is 31.2 Å². The summed E-state index contributed by atoms with van der Waals surface area (Å²) >= 11 is 3.31. The highest BCUT2D eigenvalue weighted by atomic mass is 79.9. The molecule has 3 aromatic rings. The van der Waals surface area contributed by atoms with Crippen LogP contribution in [0.2, 0.25) is 0 Å². The predicted octanol–water partition coefficient (Wildman–Crippen LogP) is 3.41. The van der Waals surface area contributed by atoms with E-state index in [1.165, 1.54) is 18.3 Å². The van der Waals surface area contributed by atoms with Gasteiger partial charge in [-0.2, -0.15) is 5.10 Å². The van der Waals surface area contributed by atoms with E-state index in [4.69, 9.17) is 4.74 Å². The van der Waals surface area contributed by atoms with Crippen molar-refractivity contribution in [2.24, 2.45) is 5.10 Å². The van der Waals surface area contributed by atoms with Crippen molar-refractivity contribution in [2.75, 3.05) is 6.54 Å². The van der Waals surface area contributed by atoms with E-state index in [1.807, 2.05) is 6.92 Å². The smallest absolute Gasteiger partial charge is 0.343 e. The second-order valence-electron chi connectivity index (χ2n) is 6.90. The van der Waals surface area contributed by atoms with Crippen LogP contribution < -0.4 is 14.9 Å². The van der Waals surface area contributed by atoms with Crippen LogP contribution in [0.15, 0.2) is 87.3 Å². The zero-order chi connectivity index (χ0) is 23.8. The number of carbonyl (C=O) groups is 2. The van der Waals surface area contributed by atoms with E-state index in [9.17, 15) is 18.0 Å². The van der Waals surface area contributed by atoms with Gasteiger partial charge >= 0.3 is 5.97 Å². The number of nitrogens with one attached hydrogen (secondary N) is 2. The van der Waals surface area contributed by atoms with Gasteiger partial charge in [0.1, 0.15) is 5.75 Å². The number of rotatable bonds is 8. The Hall–Kier alpha value is -3.34. The number of amides is 1. The highest BCUT2D eigenvalue weighted by Crippen LogP contribution is 2.15. The van der Waals surface area contributed by atoms with Crippen molar-refractivity contribution in [3.8, 4) is 5.75 Å². The molecule has 8 nitrogen and oxygen atoms in total. The van der Waals surface area contributed by atoms with Gasteiger partial charge in [-0.3, -0.25) is 4.79 Å². The molecular formula is C23H20BrN3O5S. The Balaban J connectivity index is 1.47. The Morgan fingerprint density at radius 2 is 1.61 bits per heavy atom. The molecule has 0 heterocycles. The topological polar surface area (TPSA) is 114 Å². The van der Waals surface area contributed by atoms with Crippen molar-refractivity contribution >= 4 is 44.0 Å². The third kappa shape index (κ3) is 7.35. The number of carbonyl (C=O) groups excluding carboxylic acids is 2. The molecule has 0 saturated carbocycles. The molecule has 0 atom stereocenters. The SMILES string of the molecule is Cc1ccc(S(=O)(=O)NCC(=O)N/N=C/c2ccc(OC(=O)c3ccc(Br)cc3)cc2)cc1. The molecule has 1 amide bonds. The number of benzene rings is 3. The van der Waals surface area contributed by atoms with Crippen LogP contribution in [0.5, 0.6) is 5.75 Å². The van der Waals surface area contributed by atoms with Crippen LogP contribution in [-0.4, -0.2) is 33.1 Å². The molecule has 10 heteroatoms. The van der Waals surface area contributed by atoms with Crippen LogP contribution in [0, 0.1) is 6.92 Å². The Labute approximate surface area is 199 Å². The Morgan fingerprint density at radius 1 is 0.970 bits per heavy atom. The molecule has 0 aliphatic rings. The summed E-state index contributed by atoms with van der Waals surface area (Å²) in [6.45, 7) is 1.39. The first kappa shape index (κ1) is 24.3. The molecule has 0 fully saturated rings. The van der Waals surface area contributed by atoms with Crippen molar-refractivity contribution in [1.82, 2.24) is 10.1 Å².